The summed E-state index contributed by atoms with van der Waals surface area (Å²) < 4.78 is 6.06. The lowest BCUT2D eigenvalue weighted by molar-refractivity contribution is -0.249. The van der Waals surface area contributed by atoms with Gasteiger partial charge in [-0.2, -0.15) is 0 Å². The second-order valence-electron chi connectivity index (χ2n) is 21.6. The number of carboxylic acids is 1. The van der Waals surface area contributed by atoms with Crippen LogP contribution in [0.1, 0.15) is 158 Å². The molecule has 2 N–H and O–H groups in total. The molecule has 6 saturated carbocycles. The maximum absolute atomic E-state index is 15.0. The number of nitrogens with zero attached hydrogens (tertiary/aromatic N) is 1. The van der Waals surface area contributed by atoms with Crippen molar-refractivity contribution in [1.82, 2.24) is 10.2 Å². The third kappa shape index (κ3) is 5.85. The number of hydrogen-bond acceptors (Lipinski definition) is 5. The van der Waals surface area contributed by atoms with Crippen LogP contribution in [0.15, 0.2) is 12.2 Å². The molecule has 12 atom stereocenters. The fourth-order valence-electron chi connectivity index (χ4n) is 15.4. The van der Waals surface area contributed by atoms with E-state index in [0.717, 1.165) is 96.6 Å². The van der Waals surface area contributed by atoms with Crippen molar-refractivity contribution in [2.45, 2.75) is 170 Å². The summed E-state index contributed by atoms with van der Waals surface area (Å²) in [5, 5.41) is 12.8. The Morgan fingerprint density at radius 2 is 1.48 bits per heavy atom. The number of rotatable bonds is 8. The third-order valence-corrected chi connectivity index (χ3v) is 18.8. The Labute approximate surface area is 325 Å². The largest absolute Gasteiger partial charge is 0.481 e. The molecule has 1 saturated heterocycles. The highest BCUT2D eigenvalue weighted by Gasteiger charge is 2.72. The zero-order valence-corrected chi connectivity index (χ0v) is 35.0. The van der Waals surface area contributed by atoms with Crippen molar-refractivity contribution in [3.05, 3.63) is 12.2 Å². The molecule has 1 aliphatic heterocycles. The highest BCUT2D eigenvalue weighted by molar-refractivity contribution is 5.86. The molecule has 7 aliphatic rings. The van der Waals surface area contributed by atoms with E-state index in [1.165, 1.54) is 12.0 Å². The van der Waals surface area contributed by atoms with Crippen LogP contribution in [0.25, 0.3) is 0 Å². The van der Waals surface area contributed by atoms with E-state index in [1.54, 1.807) is 0 Å². The summed E-state index contributed by atoms with van der Waals surface area (Å²) in [5.74, 6) is 1.19. The lowest BCUT2D eigenvalue weighted by atomic mass is 9.32. The zero-order chi connectivity index (χ0) is 39.2. The van der Waals surface area contributed by atoms with Crippen LogP contribution in [0, 0.1) is 68.0 Å². The van der Waals surface area contributed by atoms with Crippen LogP contribution in [-0.2, 0) is 23.9 Å². The first-order valence-electron chi connectivity index (χ1n) is 21.9. The van der Waals surface area contributed by atoms with E-state index in [0.29, 0.717) is 29.6 Å². The van der Waals surface area contributed by atoms with Gasteiger partial charge in [0, 0.05) is 30.5 Å². The summed E-state index contributed by atoms with van der Waals surface area (Å²) in [4.78, 5) is 54.5. The number of carboxylic acid groups (broad SMARTS) is 1. The molecule has 0 unspecified atom stereocenters. The smallest absolute Gasteiger partial charge is 0.306 e. The van der Waals surface area contributed by atoms with Gasteiger partial charge in [-0.25, -0.2) is 0 Å². The summed E-state index contributed by atoms with van der Waals surface area (Å²) in [6, 6.07) is 0.0226. The van der Waals surface area contributed by atoms with Crippen molar-refractivity contribution in [2.24, 2.45) is 68.0 Å². The SMILES string of the molecule is C=C(C)[C@@H]1CC[C@]2(C(=O)N[C@H]3C[C@@H](C(=O)N4CCCCC4)C3(C)C)CC[C@]3(C)[C@H](CC[C@@H]4[C@@]5(C)CC[C@H](OC(=O)CCC(=O)O)C(C)(C)[C@@H]5CC[C@]43C)[C@@H]12. The second-order valence-corrected chi connectivity index (χ2v) is 21.6. The quantitative estimate of drug-likeness (QED) is 0.189. The van der Waals surface area contributed by atoms with E-state index < -0.39 is 11.9 Å². The molecule has 0 radical (unpaired) electrons. The predicted molar refractivity (Wildman–Crippen MR) is 210 cm³/mol. The topological polar surface area (TPSA) is 113 Å². The molecule has 0 bridgehead atoms. The number of piperidine rings is 1. The van der Waals surface area contributed by atoms with Crippen molar-refractivity contribution in [3.8, 4) is 0 Å². The first kappa shape index (κ1) is 39.8. The number of carbonyl (C=O) groups excluding carboxylic acids is 3. The molecule has 0 spiro atoms. The monoisotopic (exact) mass is 749 g/mol. The van der Waals surface area contributed by atoms with E-state index in [-0.39, 0.29) is 75.2 Å². The molecule has 302 valence electrons. The molecule has 0 aromatic heterocycles. The number of nitrogens with one attached hydrogen (secondary N) is 1. The van der Waals surface area contributed by atoms with Crippen molar-refractivity contribution >= 4 is 23.8 Å². The van der Waals surface area contributed by atoms with Crippen LogP contribution in [-0.4, -0.2) is 59.0 Å². The van der Waals surface area contributed by atoms with Gasteiger partial charge in [0.05, 0.1) is 18.3 Å². The standard InChI is InChI=1S/C46H72N2O6/c1-28(2)29-17-22-46(40(53)47-34-27-31(41(34,3)4)39(52)48-25-11-10-12-26-48)24-23-44(8)30(38(29)46)13-14-33-43(7)20-19-35(54-37(51)16-15-36(49)50)42(5,6)32(43)18-21-45(33,44)9/h29-35,38H,1,10-27H2,2-9H3,(H,47,53)(H,49,50)/t29-,30+,31-,32-,33+,34-,35-,38+,43-,44+,45+,46-/m0/s1. The van der Waals surface area contributed by atoms with Gasteiger partial charge in [-0.1, -0.05) is 60.6 Å². The van der Waals surface area contributed by atoms with Crippen molar-refractivity contribution in [1.29, 1.82) is 0 Å². The minimum Gasteiger partial charge on any atom is -0.481 e. The predicted octanol–water partition coefficient (Wildman–Crippen LogP) is 8.96. The summed E-state index contributed by atoms with van der Waals surface area (Å²) in [5.41, 5.74) is 0.731. The molecule has 2 amide bonds. The molecular formula is C46H72N2O6. The average molecular weight is 749 g/mol. The lowest BCUT2D eigenvalue weighted by Gasteiger charge is -2.73. The Kier molecular flexibility index (Phi) is 10.1. The van der Waals surface area contributed by atoms with Crippen LogP contribution < -0.4 is 5.32 Å². The summed E-state index contributed by atoms with van der Waals surface area (Å²) >= 11 is 0. The highest BCUT2D eigenvalue weighted by Crippen LogP contribution is 2.77. The van der Waals surface area contributed by atoms with Gasteiger partial charge in [0.15, 0.2) is 0 Å². The fraction of sp³-hybridized carbons (Fsp3) is 0.870. The van der Waals surface area contributed by atoms with Gasteiger partial charge >= 0.3 is 11.9 Å². The summed E-state index contributed by atoms with van der Waals surface area (Å²) in [7, 11) is 0. The van der Waals surface area contributed by atoms with Crippen molar-refractivity contribution in [3.63, 3.8) is 0 Å². The van der Waals surface area contributed by atoms with Gasteiger partial charge in [0.1, 0.15) is 6.10 Å². The molecule has 54 heavy (non-hydrogen) atoms. The second kappa shape index (κ2) is 13.6. The van der Waals surface area contributed by atoms with Gasteiger partial charge in [0.25, 0.3) is 0 Å². The van der Waals surface area contributed by atoms with Crippen molar-refractivity contribution in [2.75, 3.05) is 13.1 Å². The van der Waals surface area contributed by atoms with Crippen molar-refractivity contribution < 1.29 is 29.0 Å². The molecule has 1 heterocycles. The normalized spacial score (nSPS) is 44.6. The van der Waals surface area contributed by atoms with Gasteiger partial charge < -0.3 is 20.1 Å². The average Bonchev–Trinajstić information content (AvgIpc) is 3.52. The number of carbonyl (C=O) groups is 4. The maximum atomic E-state index is 15.0. The minimum atomic E-state index is -0.970. The first-order valence-corrected chi connectivity index (χ1v) is 21.9. The van der Waals surface area contributed by atoms with E-state index >= 15 is 0 Å². The van der Waals surface area contributed by atoms with E-state index in [1.807, 2.05) is 0 Å². The Morgan fingerprint density at radius 3 is 2.13 bits per heavy atom. The fourth-order valence-corrected chi connectivity index (χ4v) is 15.4. The summed E-state index contributed by atoms with van der Waals surface area (Å²) in [6.07, 6.45) is 14.0. The number of amides is 2. The molecule has 8 nitrogen and oxygen atoms in total. The molecule has 7 fully saturated rings. The van der Waals surface area contributed by atoms with Crippen LogP contribution in [0.2, 0.25) is 0 Å². The zero-order valence-electron chi connectivity index (χ0n) is 35.0. The Hall–Kier alpha value is -2.38. The molecule has 7 rings (SSSR count). The first-order chi connectivity index (χ1) is 25.2. The minimum absolute atomic E-state index is 0.0219. The number of allylic oxidation sites excluding steroid dienone is 1. The molecule has 8 heteroatoms. The van der Waals surface area contributed by atoms with E-state index in [4.69, 9.17) is 9.84 Å². The number of ether oxygens (including phenoxy) is 1. The van der Waals surface area contributed by atoms with Crippen LogP contribution >= 0.6 is 0 Å². The molecule has 6 aliphatic carbocycles. The number of esters is 1. The van der Waals surface area contributed by atoms with Crippen LogP contribution in [0.3, 0.4) is 0 Å². The Balaban J connectivity index is 1.10. The van der Waals surface area contributed by atoms with Crippen LogP contribution in [0.4, 0.5) is 0 Å². The lowest BCUT2D eigenvalue weighted by Crippen LogP contribution is -2.68. The number of likely N-dealkylation sites (tertiary alicyclic amines) is 1. The van der Waals surface area contributed by atoms with Crippen LogP contribution in [0.5, 0.6) is 0 Å². The number of aliphatic carboxylic acids is 1. The number of fused-ring (bicyclic) bond motifs is 7. The highest BCUT2D eigenvalue weighted by atomic mass is 16.5. The Bertz CT molecular complexity index is 1550. The van der Waals surface area contributed by atoms with Gasteiger partial charge in [-0.3, -0.25) is 19.2 Å². The number of hydrogen-bond donors (Lipinski definition) is 2. The van der Waals surface area contributed by atoms with Gasteiger partial charge in [-0.05, 0) is 148 Å². The van der Waals surface area contributed by atoms with Gasteiger partial charge in [-0.15, -0.1) is 0 Å². The molecule has 0 aromatic rings. The summed E-state index contributed by atoms with van der Waals surface area (Å²) in [6.45, 7) is 25.2. The maximum Gasteiger partial charge on any atom is 0.306 e. The van der Waals surface area contributed by atoms with Gasteiger partial charge in [0.2, 0.25) is 11.8 Å². The Morgan fingerprint density at radius 1 is 0.778 bits per heavy atom. The third-order valence-electron chi connectivity index (χ3n) is 18.8. The molecular weight excluding hydrogens is 677 g/mol. The van der Waals surface area contributed by atoms with E-state index in [9.17, 15) is 19.2 Å². The van der Waals surface area contributed by atoms with E-state index in [2.05, 4.69) is 72.2 Å². The molecule has 0 aromatic carbocycles.